The number of aromatic amines is 1. The summed E-state index contributed by atoms with van der Waals surface area (Å²) in [5.41, 5.74) is 3.60. The first-order valence-electron chi connectivity index (χ1n) is 7.08. The zero-order chi connectivity index (χ0) is 16.0. The van der Waals surface area contributed by atoms with Crippen molar-refractivity contribution in [1.82, 2.24) is 4.98 Å². The molecule has 0 saturated carbocycles. The third-order valence-electron chi connectivity index (χ3n) is 3.08. The van der Waals surface area contributed by atoms with Gasteiger partial charge in [-0.2, -0.15) is 8.42 Å². The number of rotatable bonds is 3. The molecule has 2 N–H and O–H groups in total. The molecule has 0 amide bonds. The summed E-state index contributed by atoms with van der Waals surface area (Å²) in [5, 5.41) is 1.26. The van der Waals surface area contributed by atoms with Crippen molar-refractivity contribution in [2.45, 2.75) is 13.3 Å². The van der Waals surface area contributed by atoms with Crippen LogP contribution in [0.4, 0.5) is 0 Å². The Morgan fingerprint density at radius 3 is 2.18 bits per heavy atom. The van der Waals surface area contributed by atoms with Gasteiger partial charge in [-0.3, -0.25) is 4.55 Å². The summed E-state index contributed by atoms with van der Waals surface area (Å²) < 4.78 is 27.6. The third-order valence-corrected chi connectivity index (χ3v) is 4.00. The van der Waals surface area contributed by atoms with E-state index < -0.39 is 10.1 Å². The first-order valence-corrected chi connectivity index (χ1v) is 8.69. The first-order chi connectivity index (χ1) is 10.5. The molecular formula is C17H19NO3S. The zero-order valence-electron chi connectivity index (χ0n) is 12.4. The lowest BCUT2D eigenvalue weighted by Gasteiger charge is -1.94. The Kier molecular flexibility index (Phi) is 5.35. The van der Waals surface area contributed by atoms with Crippen LogP contribution in [0.3, 0.4) is 0 Å². The maximum Gasteiger partial charge on any atom is 0.264 e. The second kappa shape index (κ2) is 7.24. The summed E-state index contributed by atoms with van der Waals surface area (Å²) in [6.07, 6.45) is 0.471. The molecule has 4 nitrogen and oxygen atoms in total. The van der Waals surface area contributed by atoms with E-state index in [1.165, 1.54) is 22.2 Å². The quantitative estimate of drug-likeness (QED) is 0.714. The van der Waals surface area contributed by atoms with Crippen LogP contribution in [0.25, 0.3) is 22.2 Å². The fourth-order valence-corrected chi connectivity index (χ4v) is 2.62. The summed E-state index contributed by atoms with van der Waals surface area (Å²) in [5.74, 6) is -0.132. The number of hydrogen-bond acceptors (Lipinski definition) is 2. The topological polar surface area (TPSA) is 70.2 Å². The minimum absolute atomic E-state index is 0.132. The van der Waals surface area contributed by atoms with E-state index in [0.717, 1.165) is 0 Å². The molecule has 0 saturated heterocycles. The van der Waals surface area contributed by atoms with Crippen molar-refractivity contribution in [1.29, 1.82) is 0 Å². The molecular weight excluding hydrogens is 298 g/mol. The maximum absolute atomic E-state index is 9.79. The summed E-state index contributed by atoms with van der Waals surface area (Å²) in [6, 6.07) is 20.9. The lowest BCUT2D eigenvalue weighted by molar-refractivity contribution is 0.482. The van der Waals surface area contributed by atoms with Crippen LogP contribution >= 0.6 is 0 Å². The number of para-hydroxylation sites is 1. The smallest absolute Gasteiger partial charge is 0.264 e. The Morgan fingerprint density at radius 2 is 1.64 bits per heavy atom. The van der Waals surface area contributed by atoms with Gasteiger partial charge in [0.25, 0.3) is 10.1 Å². The van der Waals surface area contributed by atoms with Crippen LogP contribution in [0, 0.1) is 0 Å². The van der Waals surface area contributed by atoms with Crippen molar-refractivity contribution >= 4 is 21.0 Å². The Hall–Kier alpha value is -2.11. The molecule has 3 rings (SSSR count). The third kappa shape index (κ3) is 4.72. The molecule has 5 heteroatoms. The van der Waals surface area contributed by atoms with Crippen LogP contribution in [0.1, 0.15) is 13.3 Å². The molecule has 3 aromatic rings. The molecule has 22 heavy (non-hydrogen) atoms. The summed E-state index contributed by atoms with van der Waals surface area (Å²) in [7, 11) is -3.67. The van der Waals surface area contributed by atoms with Gasteiger partial charge in [0, 0.05) is 16.6 Å². The monoisotopic (exact) mass is 317 g/mol. The average Bonchev–Trinajstić information content (AvgIpc) is 2.91. The summed E-state index contributed by atoms with van der Waals surface area (Å²) >= 11 is 0. The molecule has 0 aliphatic rings. The van der Waals surface area contributed by atoms with Gasteiger partial charge in [0.2, 0.25) is 0 Å². The van der Waals surface area contributed by atoms with Gasteiger partial charge in [-0.15, -0.1) is 0 Å². The van der Waals surface area contributed by atoms with Crippen LogP contribution in [0.15, 0.2) is 60.7 Å². The normalized spacial score (nSPS) is 11.0. The van der Waals surface area contributed by atoms with Crippen molar-refractivity contribution in [2.24, 2.45) is 0 Å². The van der Waals surface area contributed by atoms with Gasteiger partial charge < -0.3 is 4.98 Å². The fourth-order valence-electron chi connectivity index (χ4n) is 2.10. The van der Waals surface area contributed by atoms with Crippen molar-refractivity contribution in [3.05, 3.63) is 60.7 Å². The number of benzene rings is 2. The molecule has 0 bridgehead atoms. The number of aromatic nitrogens is 1. The fraction of sp³-hybridized carbons (Fsp3) is 0.176. The standard InChI is InChI=1S/C14H11N.C3H8O3S/c1-2-6-11(7-3-1)14-10-12-8-4-5-9-13(12)15-14;1-2-3-7(4,5)6/h1-10,15H;2-3H2,1H3,(H,4,5,6). The van der Waals surface area contributed by atoms with Crippen molar-refractivity contribution in [2.75, 3.05) is 5.75 Å². The predicted octanol–water partition coefficient (Wildman–Crippen LogP) is 4.12. The van der Waals surface area contributed by atoms with Gasteiger partial charge in [0.1, 0.15) is 0 Å². The van der Waals surface area contributed by atoms with Gasteiger partial charge in [-0.1, -0.05) is 55.5 Å². The first kappa shape index (κ1) is 16.3. The van der Waals surface area contributed by atoms with E-state index in [4.69, 9.17) is 4.55 Å². The van der Waals surface area contributed by atoms with E-state index in [-0.39, 0.29) is 5.75 Å². The van der Waals surface area contributed by atoms with E-state index in [1.807, 2.05) is 12.1 Å². The van der Waals surface area contributed by atoms with Crippen molar-refractivity contribution in [3.63, 3.8) is 0 Å². The van der Waals surface area contributed by atoms with Crippen LogP contribution in [-0.4, -0.2) is 23.7 Å². The van der Waals surface area contributed by atoms with Crippen LogP contribution in [0.5, 0.6) is 0 Å². The second-order valence-electron chi connectivity index (χ2n) is 4.92. The van der Waals surface area contributed by atoms with Gasteiger partial charge >= 0.3 is 0 Å². The lowest BCUT2D eigenvalue weighted by atomic mass is 10.1. The van der Waals surface area contributed by atoms with Crippen LogP contribution < -0.4 is 0 Å². The van der Waals surface area contributed by atoms with E-state index in [0.29, 0.717) is 6.42 Å². The Labute approximate surface area is 130 Å². The molecule has 1 heterocycles. The molecule has 0 radical (unpaired) electrons. The Balaban J connectivity index is 0.000000217. The number of H-pyrrole nitrogens is 1. The second-order valence-corrected chi connectivity index (χ2v) is 6.49. The highest BCUT2D eigenvalue weighted by atomic mass is 32.2. The highest BCUT2D eigenvalue weighted by molar-refractivity contribution is 7.85. The minimum atomic E-state index is -3.67. The van der Waals surface area contributed by atoms with Gasteiger partial charge in [0.05, 0.1) is 5.75 Å². The highest BCUT2D eigenvalue weighted by Gasteiger charge is 2.01. The summed E-state index contributed by atoms with van der Waals surface area (Å²) in [6.45, 7) is 1.69. The lowest BCUT2D eigenvalue weighted by Crippen LogP contribution is -2.01. The number of nitrogens with one attached hydrogen (secondary N) is 1. The predicted molar refractivity (Wildman–Crippen MR) is 90.4 cm³/mol. The van der Waals surface area contributed by atoms with Crippen LogP contribution in [-0.2, 0) is 10.1 Å². The molecule has 0 aliphatic heterocycles. The van der Waals surface area contributed by atoms with Crippen molar-refractivity contribution in [3.8, 4) is 11.3 Å². The zero-order valence-corrected chi connectivity index (χ0v) is 13.2. The Bertz CT molecular complexity index is 790. The summed E-state index contributed by atoms with van der Waals surface area (Å²) in [4.78, 5) is 3.41. The maximum atomic E-state index is 9.79. The van der Waals surface area contributed by atoms with Crippen molar-refractivity contribution < 1.29 is 13.0 Å². The molecule has 0 fully saturated rings. The minimum Gasteiger partial charge on any atom is -0.355 e. The molecule has 0 spiro atoms. The van der Waals surface area contributed by atoms with Gasteiger partial charge in [-0.05, 0) is 24.1 Å². The van der Waals surface area contributed by atoms with Gasteiger partial charge in [-0.25, -0.2) is 0 Å². The van der Waals surface area contributed by atoms with E-state index in [2.05, 4.69) is 53.5 Å². The van der Waals surface area contributed by atoms with E-state index >= 15 is 0 Å². The molecule has 0 aliphatic carbocycles. The highest BCUT2D eigenvalue weighted by Crippen LogP contribution is 2.23. The Morgan fingerprint density at radius 1 is 1.00 bits per heavy atom. The molecule has 0 unspecified atom stereocenters. The average molecular weight is 317 g/mol. The number of fused-ring (bicyclic) bond motifs is 1. The van der Waals surface area contributed by atoms with E-state index in [1.54, 1.807) is 6.92 Å². The SMILES string of the molecule is CCCS(=O)(=O)O.c1ccc(-c2cc3ccccc3[nH]2)cc1. The number of hydrogen-bond donors (Lipinski definition) is 2. The van der Waals surface area contributed by atoms with E-state index in [9.17, 15) is 8.42 Å². The van der Waals surface area contributed by atoms with Crippen LogP contribution in [0.2, 0.25) is 0 Å². The largest absolute Gasteiger partial charge is 0.355 e. The molecule has 1 aromatic heterocycles. The molecule has 116 valence electrons. The van der Waals surface area contributed by atoms with Gasteiger partial charge in [0.15, 0.2) is 0 Å². The molecule has 2 aromatic carbocycles. The molecule has 0 atom stereocenters.